The van der Waals surface area contributed by atoms with Gasteiger partial charge in [-0.1, -0.05) is 103 Å². The highest BCUT2D eigenvalue weighted by molar-refractivity contribution is 5.99. The number of hydrogen-bond acceptors (Lipinski definition) is 4. The highest BCUT2D eigenvalue weighted by Gasteiger charge is 2.16. The molecule has 0 N–H and O–H groups in total. The third-order valence-corrected chi connectivity index (χ3v) is 7.41. The lowest BCUT2D eigenvalue weighted by Crippen LogP contribution is -2.00. The first-order valence-corrected chi connectivity index (χ1v) is 13.6. The lowest BCUT2D eigenvalue weighted by molar-refractivity contribution is 1.07. The van der Waals surface area contributed by atoms with Crippen LogP contribution in [0.25, 0.3) is 72.9 Å². The van der Waals surface area contributed by atoms with E-state index in [1.807, 2.05) is 72.8 Å². The summed E-state index contributed by atoms with van der Waals surface area (Å²) in [6, 6.07) is 47.5. The molecule has 0 atom stereocenters. The number of benzene rings is 5. The molecule has 0 aliphatic rings. The van der Waals surface area contributed by atoms with Crippen molar-refractivity contribution in [1.29, 1.82) is 0 Å². The zero-order chi connectivity index (χ0) is 27.2. The first kappa shape index (κ1) is 23.2. The number of hydrogen-bond donors (Lipinski definition) is 0. The van der Waals surface area contributed by atoms with Crippen molar-refractivity contribution in [3.63, 3.8) is 0 Å². The van der Waals surface area contributed by atoms with Crippen molar-refractivity contribution in [3.05, 3.63) is 140 Å². The van der Waals surface area contributed by atoms with Gasteiger partial charge in [0.1, 0.15) is 5.65 Å². The third kappa shape index (κ3) is 4.03. The number of aromatic nitrogens is 5. The van der Waals surface area contributed by atoms with E-state index in [1.165, 1.54) is 0 Å². The van der Waals surface area contributed by atoms with Gasteiger partial charge in [-0.05, 0) is 42.0 Å². The van der Waals surface area contributed by atoms with Crippen LogP contribution in [0.1, 0.15) is 0 Å². The highest BCUT2D eigenvalue weighted by Crippen LogP contribution is 2.34. The molecule has 8 aromatic rings. The summed E-state index contributed by atoms with van der Waals surface area (Å²) >= 11 is 0. The minimum atomic E-state index is 0.636. The molecule has 0 aliphatic heterocycles. The van der Waals surface area contributed by atoms with Crippen molar-refractivity contribution < 1.29 is 0 Å². The van der Waals surface area contributed by atoms with E-state index >= 15 is 0 Å². The quantitative estimate of drug-likeness (QED) is 0.231. The Balaban J connectivity index is 1.39. The Bertz CT molecular complexity index is 2130. The van der Waals surface area contributed by atoms with Gasteiger partial charge < -0.3 is 0 Å². The van der Waals surface area contributed by atoms with Gasteiger partial charge in [-0.15, -0.1) is 0 Å². The van der Waals surface area contributed by atoms with Crippen LogP contribution in [0.4, 0.5) is 0 Å². The van der Waals surface area contributed by atoms with Crippen molar-refractivity contribution in [2.75, 3.05) is 0 Å². The molecule has 5 nitrogen and oxygen atoms in total. The van der Waals surface area contributed by atoms with Gasteiger partial charge in [0.25, 0.3) is 0 Å². The molecule has 0 bridgehead atoms. The van der Waals surface area contributed by atoms with Gasteiger partial charge in [-0.2, -0.15) is 0 Å². The van der Waals surface area contributed by atoms with E-state index < -0.39 is 0 Å². The van der Waals surface area contributed by atoms with Crippen molar-refractivity contribution in [3.8, 4) is 45.3 Å². The number of rotatable bonds is 4. The fourth-order valence-corrected chi connectivity index (χ4v) is 5.45. The van der Waals surface area contributed by atoms with E-state index in [1.54, 1.807) is 0 Å². The normalized spacial score (nSPS) is 11.4. The molecule has 0 saturated carbocycles. The average Bonchev–Trinajstić information content (AvgIpc) is 3.45. The lowest BCUT2D eigenvalue weighted by Gasteiger charge is -2.12. The lowest BCUT2D eigenvalue weighted by atomic mass is 10.0. The molecule has 41 heavy (non-hydrogen) atoms. The van der Waals surface area contributed by atoms with Crippen LogP contribution < -0.4 is 0 Å². The number of fused-ring (bicyclic) bond motifs is 5. The van der Waals surface area contributed by atoms with Gasteiger partial charge in [0.2, 0.25) is 0 Å². The molecule has 192 valence electrons. The molecule has 0 radical (unpaired) electrons. The minimum Gasteiger partial charge on any atom is -0.292 e. The van der Waals surface area contributed by atoms with Crippen LogP contribution in [0.3, 0.4) is 0 Å². The van der Waals surface area contributed by atoms with E-state index in [-0.39, 0.29) is 0 Å². The zero-order valence-corrected chi connectivity index (χ0v) is 22.0. The molecule has 8 rings (SSSR count). The molecule has 5 heteroatoms. The van der Waals surface area contributed by atoms with Crippen molar-refractivity contribution in [2.45, 2.75) is 0 Å². The summed E-state index contributed by atoms with van der Waals surface area (Å²) in [5.41, 5.74) is 9.11. The Morgan fingerprint density at radius 2 is 0.927 bits per heavy atom. The van der Waals surface area contributed by atoms with Crippen LogP contribution in [-0.4, -0.2) is 24.3 Å². The van der Waals surface area contributed by atoms with E-state index in [0.717, 1.165) is 55.4 Å². The van der Waals surface area contributed by atoms with Crippen LogP contribution in [0.5, 0.6) is 0 Å². The summed E-state index contributed by atoms with van der Waals surface area (Å²) in [4.78, 5) is 19.8. The van der Waals surface area contributed by atoms with Crippen LogP contribution in [0.2, 0.25) is 0 Å². The molecule has 0 spiro atoms. The van der Waals surface area contributed by atoms with Gasteiger partial charge in [0.15, 0.2) is 17.5 Å². The zero-order valence-electron chi connectivity index (χ0n) is 22.0. The fraction of sp³-hybridized carbons (Fsp3) is 0. The summed E-state index contributed by atoms with van der Waals surface area (Å²) < 4.78 is 2.26. The maximum atomic E-state index is 5.04. The molecule has 0 amide bonds. The summed E-state index contributed by atoms with van der Waals surface area (Å²) in [7, 11) is 0. The van der Waals surface area contributed by atoms with Crippen molar-refractivity contribution >= 4 is 27.6 Å². The first-order valence-electron chi connectivity index (χ1n) is 13.6. The Kier molecular flexibility index (Phi) is 5.38. The molecule has 3 aromatic heterocycles. The molecule has 5 aromatic carbocycles. The van der Waals surface area contributed by atoms with E-state index in [4.69, 9.17) is 19.9 Å². The predicted octanol–water partition coefficient (Wildman–Crippen LogP) is 8.49. The standard InChI is InChI=1S/C36H23N5/c1-4-12-24(13-5-1)29-23-28-22-27(20-21-31(28)41-32-19-11-10-18-30(32)37-36(29)41)35-39-33(25-14-6-2-7-15-25)38-34(40-35)26-16-8-3-9-17-26/h1-23H. The van der Waals surface area contributed by atoms with Crippen LogP contribution >= 0.6 is 0 Å². The Morgan fingerprint density at radius 1 is 0.390 bits per heavy atom. The van der Waals surface area contributed by atoms with Crippen LogP contribution in [0, 0.1) is 0 Å². The number of para-hydroxylation sites is 2. The number of imidazole rings is 1. The Hall–Kier alpha value is -5.68. The predicted molar refractivity (Wildman–Crippen MR) is 165 cm³/mol. The molecule has 3 heterocycles. The van der Waals surface area contributed by atoms with Crippen LogP contribution in [-0.2, 0) is 0 Å². The largest absolute Gasteiger partial charge is 0.292 e. The van der Waals surface area contributed by atoms with E-state index in [2.05, 4.69) is 71.1 Å². The first-order chi connectivity index (χ1) is 20.3. The Labute approximate surface area is 236 Å². The number of nitrogens with zero attached hydrogens (tertiary/aromatic N) is 5. The van der Waals surface area contributed by atoms with Gasteiger partial charge in [-0.3, -0.25) is 4.40 Å². The monoisotopic (exact) mass is 525 g/mol. The van der Waals surface area contributed by atoms with Gasteiger partial charge in [-0.25, -0.2) is 19.9 Å². The second kappa shape index (κ2) is 9.50. The highest BCUT2D eigenvalue weighted by atomic mass is 15.0. The molecule has 0 saturated heterocycles. The maximum absolute atomic E-state index is 5.04. The summed E-state index contributed by atoms with van der Waals surface area (Å²) in [5.74, 6) is 1.93. The van der Waals surface area contributed by atoms with E-state index in [9.17, 15) is 0 Å². The molecular formula is C36H23N5. The van der Waals surface area contributed by atoms with Crippen molar-refractivity contribution in [1.82, 2.24) is 24.3 Å². The average molecular weight is 526 g/mol. The van der Waals surface area contributed by atoms with Gasteiger partial charge in [0, 0.05) is 27.6 Å². The van der Waals surface area contributed by atoms with Gasteiger partial charge >= 0.3 is 0 Å². The third-order valence-electron chi connectivity index (χ3n) is 7.41. The number of pyridine rings is 1. The van der Waals surface area contributed by atoms with Crippen molar-refractivity contribution in [2.24, 2.45) is 0 Å². The van der Waals surface area contributed by atoms with Gasteiger partial charge in [0.05, 0.1) is 16.6 Å². The molecular weight excluding hydrogens is 502 g/mol. The smallest absolute Gasteiger partial charge is 0.164 e. The summed E-state index contributed by atoms with van der Waals surface area (Å²) in [5, 5.41) is 1.08. The summed E-state index contributed by atoms with van der Waals surface area (Å²) in [6.45, 7) is 0. The summed E-state index contributed by atoms with van der Waals surface area (Å²) in [6.07, 6.45) is 0. The van der Waals surface area contributed by atoms with Crippen LogP contribution in [0.15, 0.2) is 140 Å². The second-order valence-electron chi connectivity index (χ2n) is 10.00. The topological polar surface area (TPSA) is 56.0 Å². The molecule has 0 unspecified atom stereocenters. The fourth-order valence-electron chi connectivity index (χ4n) is 5.45. The maximum Gasteiger partial charge on any atom is 0.164 e. The minimum absolute atomic E-state index is 0.636. The van der Waals surface area contributed by atoms with E-state index in [0.29, 0.717) is 17.5 Å². The molecule has 0 aliphatic carbocycles. The SMILES string of the molecule is c1ccc(-c2nc(-c3ccccc3)nc(-c3ccc4c(c3)cc(-c3ccccc3)c3nc5ccccc5n34)n2)cc1. The Morgan fingerprint density at radius 3 is 1.56 bits per heavy atom. The second-order valence-corrected chi connectivity index (χ2v) is 10.00. The molecule has 0 fully saturated rings.